The monoisotopic (exact) mass is 1010 g/mol. The van der Waals surface area contributed by atoms with Gasteiger partial charge in [0.05, 0.1) is 6.04 Å². The number of nitrogens with two attached hydrogens (primary N) is 5. The fourth-order valence-corrected chi connectivity index (χ4v) is 6.76. The van der Waals surface area contributed by atoms with Crippen LogP contribution in [0.15, 0.2) is 0 Å². The molecule has 0 rings (SSSR count). The quantitative estimate of drug-likeness (QED) is 0.0295. The molecule has 0 saturated carbocycles. The van der Waals surface area contributed by atoms with E-state index in [1.807, 2.05) is 13.8 Å². The van der Waals surface area contributed by atoms with E-state index in [0.29, 0.717) is 0 Å². The molecule has 0 aromatic carbocycles. The molecule has 0 heterocycles. The Morgan fingerprint density at radius 3 is 0.915 bits per heavy atom. The first-order valence-corrected chi connectivity index (χ1v) is 23.2. The Kier molecular flexibility index (Phi) is 27.6. The second-order valence-electron chi connectivity index (χ2n) is 18.4. The highest BCUT2D eigenvalue weighted by Gasteiger charge is 2.37. The first-order chi connectivity index (χ1) is 32.7. The van der Waals surface area contributed by atoms with Crippen molar-refractivity contribution in [3.05, 3.63) is 0 Å². The molecule has 27 heteroatoms. The molecular formula is C44H77N13O14. The Morgan fingerprint density at radius 1 is 0.394 bits per heavy atom. The lowest BCUT2D eigenvalue weighted by molar-refractivity contribution is -0.146. The second-order valence-corrected chi connectivity index (χ2v) is 18.4. The molecule has 0 aliphatic heterocycles. The number of amides is 12. The van der Waals surface area contributed by atoms with Crippen molar-refractivity contribution in [3.63, 3.8) is 0 Å². The molecule has 0 aliphatic rings. The highest BCUT2D eigenvalue weighted by atomic mass is 16.4. The molecular weight excluding hydrogens is 935 g/mol. The minimum atomic E-state index is -1.55. The summed E-state index contributed by atoms with van der Waals surface area (Å²) in [5.74, 6) is -11.9. The van der Waals surface area contributed by atoms with Gasteiger partial charge in [0.15, 0.2) is 0 Å². The smallest absolute Gasteiger partial charge is 0.326 e. The number of rotatable bonds is 33. The van der Waals surface area contributed by atoms with E-state index in [0.717, 1.165) is 14.7 Å². The molecule has 0 bridgehead atoms. The molecule has 71 heavy (non-hydrogen) atoms. The van der Waals surface area contributed by atoms with Crippen LogP contribution in [0.5, 0.6) is 0 Å². The number of hydrogen-bond acceptors (Lipinski definition) is 14. The van der Waals surface area contributed by atoms with Crippen molar-refractivity contribution in [2.24, 2.45) is 40.5 Å². The van der Waals surface area contributed by atoms with E-state index in [9.17, 15) is 67.4 Å². The summed E-state index contributed by atoms with van der Waals surface area (Å²) in [6, 6.07) is -12.4. The Bertz CT molecular complexity index is 1950. The van der Waals surface area contributed by atoms with Gasteiger partial charge in [-0.25, -0.2) is 4.79 Å². The highest BCUT2D eigenvalue weighted by Crippen LogP contribution is 2.14. The number of carbonyl (C=O) groups is 13. The van der Waals surface area contributed by atoms with Crippen molar-refractivity contribution >= 4 is 76.9 Å². The summed E-state index contributed by atoms with van der Waals surface area (Å²) < 4.78 is 0. The molecule has 0 aromatic rings. The van der Waals surface area contributed by atoms with E-state index in [2.05, 4.69) is 26.6 Å². The highest BCUT2D eigenvalue weighted by molar-refractivity contribution is 5.98. The molecule has 0 aliphatic carbocycles. The zero-order valence-corrected chi connectivity index (χ0v) is 42.4. The molecule has 27 nitrogen and oxygen atoms in total. The third-order valence-electron chi connectivity index (χ3n) is 11.5. The summed E-state index contributed by atoms with van der Waals surface area (Å²) in [7, 11) is 3.59. The van der Waals surface area contributed by atoms with E-state index in [4.69, 9.17) is 28.7 Å². The third-order valence-corrected chi connectivity index (χ3v) is 11.5. The average Bonchev–Trinajstić information content (AvgIpc) is 3.27. The van der Waals surface area contributed by atoms with Crippen LogP contribution in [0.2, 0.25) is 0 Å². The normalized spacial score (nSPS) is 14.9. The van der Waals surface area contributed by atoms with Crippen molar-refractivity contribution in [2.75, 3.05) is 21.1 Å². The number of nitrogens with zero attached hydrogens (tertiary/aromatic N) is 3. The van der Waals surface area contributed by atoms with Gasteiger partial charge in [-0.05, 0) is 71.1 Å². The van der Waals surface area contributed by atoms with E-state index in [1.54, 1.807) is 13.8 Å². The van der Waals surface area contributed by atoms with Crippen molar-refractivity contribution in [1.29, 1.82) is 0 Å². The number of carbonyl (C=O) groups excluding carboxylic acids is 12. The van der Waals surface area contributed by atoms with Crippen LogP contribution in [-0.4, -0.2) is 172 Å². The van der Waals surface area contributed by atoms with Gasteiger partial charge in [-0.1, -0.05) is 27.7 Å². The van der Waals surface area contributed by atoms with Gasteiger partial charge in [-0.15, -0.1) is 0 Å². The van der Waals surface area contributed by atoms with E-state index in [1.165, 1.54) is 41.9 Å². The van der Waals surface area contributed by atoms with Gasteiger partial charge in [-0.2, -0.15) is 0 Å². The lowest BCUT2D eigenvalue weighted by atomic mass is 10.0. The topological polar surface area (TPSA) is 442 Å². The summed E-state index contributed by atoms with van der Waals surface area (Å²) in [6.45, 7) is 11.0. The zero-order chi connectivity index (χ0) is 55.2. The predicted molar refractivity (Wildman–Crippen MR) is 255 cm³/mol. The summed E-state index contributed by atoms with van der Waals surface area (Å²) in [4.78, 5) is 170. The van der Waals surface area contributed by atoms with Crippen LogP contribution in [0, 0.1) is 11.8 Å². The Morgan fingerprint density at radius 2 is 0.648 bits per heavy atom. The first kappa shape index (κ1) is 64.1. The summed E-state index contributed by atoms with van der Waals surface area (Å²) >= 11 is 0. The van der Waals surface area contributed by atoms with Crippen LogP contribution in [-0.2, 0) is 62.3 Å². The van der Waals surface area contributed by atoms with Crippen LogP contribution in [0.4, 0.5) is 0 Å². The largest absolute Gasteiger partial charge is 0.480 e. The van der Waals surface area contributed by atoms with Crippen LogP contribution < -0.4 is 55.3 Å². The van der Waals surface area contributed by atoms with Gasteiger partial charge < -0.3 is 75.1 Å². The van der Waals surface area contributed by atoms with Crippen molar-refractivity contribution in [2.45, 2.75) is 167 Å². The van der Waals surface area contributed by atoms with Crippen molar-refractivity contribution in [1.82, 2.24) is 41.3 Å². The SMILES string of the molecule is CC(C)C[C@H](NC(=O)[C@H](CCC(N)=O)NC(=O)[C@H](C)N(C)C(=O)[C@H](CCC(N)=O)NC(=O)[C@H](C)N(C)C(=O)[C@H](CCC(N)=O)NC(=O)[C@H](C)N(C)C(=O)[C@H](CCC(N)=O)NC(=O)[C@@H](N)CC(C)C)C(=O)O. The Labute approximate surface area is 413 Å². The van der Waals surface area contributed by atoms with Gasteiger partial charge in [0, 0.05) is 46.8 Å². The summed E-state index contributed by atoms with van der Waals surface area (Å²) in [5, 5.41) is 21.8. The molecule has 402 valence electrons. The maximum absolute atomic E-state index is 14.0. The molecule has 0 unspecified atom stereocenters. The number of carboxylic acid groups (broad SMARTS) is 1. The number of aliphatic carboxylic acids is 1. The van der Waals surface area contributed by atoms with Crippen LogP contribution in [0.1, 0.15) is 113 Å². The molecule has 0 fully saturated rings. The maximum Gasteiger partial charge on any atom is 0.326 e. The number of hydrogen-bond donors (Lipinski definition) is 11. The molecule has 0 saturated heterocycles. The molecule has 0 aromatic heterocycles. The Balaban J connectivity index is 6.42. The van der Waals surface area contributed by atoms with E-state index >= 15 is 0 Å². The van der Waals surface area contributed by atoms with E-state index < -0.39 is 150 Å². The van der Waals surface area contributed by atoms with Crippen molar-refractivity contribution < 1.29 is 67.4 Å². The average molecular weight is 1010 g/mol. The molecule has 0 radical (unpaired) electrons. The molecule has 12 amide bonds. The van der Waals surface area contributed by atoms with Crippen LogP contribution in [0.3, 0.4) is 0 Å². The standard InChI is InChI=1S/C44H77N13O14/c1-21(2)19-26(45)39(65)53-30(14-18-35(49)61)43(69)57(10)25(7)38(64)52-29(13-17-34(48)60)42(68)56(9)24(6)37(63)51-28(12-16-33(47)59)41(67)55(8)23(5)36(62)50-27(11-15-32(46)58)40(66)54-31(44(70)71)20-22(3)4/h21-31H,11-20,45H2,1-10H3,(H2,46,58)(H2,47,59)(H2,48,60)(H2,49,61)(H,50,62)(H,51,63)(H,52,64)(H,53,65)(H,54,66)(H,70,71)/t23-,24-,25-,26-,27-,28-,29-,30-,31-/m0/s1. The predicted octanol–water partition coefficient (Wildman–Crippen LogP) is -4.48. The minimum absolute atomic E-state index is 0.0342. The fraction of sp³-hybridized carbons (Fsp3) is 0.705. The van der Waals surface area contributed by atoms with Crippen LogP contribution in [0.25, 0.3) is 0 Å². The molecule has 0 spiro atoms. The maximum atomic E-state index is 14.0. The number of primary amides is 4. The van der Waals surface area contributed by atoms with Gasteiger partial charge in [0.25, 0.3) is 0 Å². The zero-order valence-electron chi connectivity index (χ0n) is 42.4. The number of carboxylic acids is 1. The molecule has 9 atom stereocenters. The third kappa shape index (κ3) is 23.0. The van der Waals surface area contributed by atoms with Gasteiger partial charge in [-0.3, -0.25) is 57.5 Å². The number of likely N-dealkylation sites (N-methyl/N-ethyl adjacent to an activating group) is 3. The first-order valence-electron chi connectivity index (χ1n) is 23.2. The minimum Gasteiger partial charge on any atom is -0.480 e. The Hall–Kier alpha value is -6.93. The second kappa shape index (κ2) is 30.6. The molecule has 16 N–H and O–H groups in total. The van der Waals surface area contributed by atoms with Gasteiger partial charge >= 0.3 is 5.97 Å². The summed E-state index contributed by atoms with van der Waals surface area (Å²) in [5.41, 5.74) is 27.3. The van der Waals surface area contributed by atoms with Crippen LogP contribution >= 0.6 is 0 Å². The number of nitrogens with one attached hydrogen (secondary N) is 5. The lowest BCUT2D eigenvalue weighted by Crippen LogP contribution is -2.60. The lowest BCUT2D eigenvalue weighted by Gasteiger charge is -2.33. The van der Waals surface area contributed by atoms with E-state index in [-0.39, 0.29) is 56.8 Å². The van der Waals surface area contributed by atoms with Gasteiger partial charge in [0.2, 0.25) is 70.9 Å². The summed E-state index contributed by atoms with van der Waals surface area (Å²) in [6.07, 6.45) is -2.55. The van der Waals surface area contributed by atoms with Crippen molar-refractivity contribution in [3.8, 4) is 0 Å². The fourth-order valence-electron chi connectivity index (χ4n) is 6.76. The van der Waals surface area contributed by atoms with Gasteiger partial charge in [0.1, 0.15) is 48.3 Å².